The van der Waals surface area contributed by atoms with E-state index in [-0.39, 0.29) is 0 Å². The number of hydrogen-bond acceptors (Lipinski definition) is 2. The highest BCUT2D eigenvalue weighted by atomic mass is 15.2. The van der Waals surface area contributed by atoms with Gasteiger partial charge in [-0.3, -0.25) is 0 Å². The van der Waals surface area contributed by atoms with Gasteiger partial charge in [0.2, 0.25) is 0 Å². The Morgan fingerprint density at radius 2 is 2.00 bits per heavy atom. The first kappa shape index (κ1) is 14.1. The third-order valence-corrected chi connectivity index (χ3v) is 5.41. The van der Waals surface area contributed by atoms with Crippen molar-refractivity contribution in [1.82, 2.24) is 14.9 Å². The summed E-state index contributed by atoms with van der Waals surface area (Å²) in [5, 5.41) is 3.57. The van der Waals surface area contributed by atoms with Gasteiger partial charge in [0.05, 0.1) is 11.7 Å². The summed E-state index contributed by atoms with van der Waals surface area (Å²) in [6, 6.07) is 1.18. The second kappa shape index (κ2) is 5.18. The minimum absolute atomic E-state index is 0.455. The number of rotatable bonds is 2. The van der Waals surface area contributed by atoms with Crippen molar-refractivity contribution in [3.8, 4) is 0 Å². The molecule has 3 heteroatoms. The Hall–Kier alpha value is -0.830. The van der Waals surface area contributed by atoms with Gasteiger partial charge in [-0.25, -0.2) is 4.98 Å². The first-order chi connectivity index (χ1) is 9.52. The molecule has 3 nitrogen and oxygen atoms in total. The fourth-order valence-corrected chi connectivity index (χ4v) is 4.30. The van der Waals surface area contributed by atoms with Gasteiger partial charge >= 0.3 is 0 Å². The van der Waals surface area contributed by atoms with Crippen LogP contribution < -0.4 is 5.32 Å². The van der Waals surface area contributed by atoms with E-state index in [4.69, 9.17) is 4.98 Å². The van der Waals surface area contributed by atoms with Crippen LogP contribution in [0.15, 0.2) is 0 Å². The maximum atomic E-state index is 4.88. The molecular formula is C17H29N3. The lowest BCUT2D eigenvalue weighted by Gasteiger charge is -2.42. The molecule has 2 atom stereocenters. The third kappa shape index (κ3) is 2.41. The first-order valence-corrected chi connectivity index (χ1v) is 8.26. The number of aromatic nitrogens is 2. The van der Waals surface area contributed by atoms with Gasteiger partial charge in [-0.15, -0.1) is 0 Å². The van der Waals surface area contributed by atoms with E-state index in [2.05, 4.69) is 37.7 Å². The maximum absolute atomic E-state index is 4.88. The molecule has 2 aliphatic carbocycles. The van der Waals surface area contributed by atoms with Gasteiger partial charge in [0.25, 0.3) is 0 Å². The van der Waals surface area contributed by atoms with E-state index in [1.807, 2.05) is 0 Å². The molecule has 1 fully saturated rings. The molecule has 1 saturated carbocycles. The second-order valence-corrected chi connectivity index (χ2v) is 7.50. The van der Waals surface area contributed by atoms with Crippen molar-refractivity contribution in [2.24, 2.45) is 5.41 Å². The van der Waals surface area contributed by atoms with E-state index in [0.29, 0.717) is 17.5 Å². The molecule has 0 aromatic carbocycles. The summed E-state index contributed by atoms with van der Waals surface area (Å²) in [4.78, 5) is 4.88. The number of imidazole rings is 1. The molecule has 1 N–H and O–H groups in total. The van der Waals surface area contributed by atoms with Crippen LogP contribution >= 0.6 is 0 Å². The molecule has 0 amide bonds. The Morgan fingerprint density at radius 3 is 2.75 bits per heavy atom. The fraction of sp³-hybridized carbons (Fsp3) is 0.824. The topological polar surface area (TPSA) is 29.9 Å². The van der Waals surface area contributed by atoms with Gasteiger partial charge in [-0.2, -0.15) is 0 Å². The molecule has 2 aliphatic rings. The van der Waals surface area contributed by atoms with Crippen LogP contribution in [0.5, 0.6) is 0 Å². The van der Waals surface area contributed by atoms with E-state index in [0.717, 1.165) is 0 Å². The highest BCUT2D eigenvalue weighted by Crippen LogP contribution is 2.42. The molecule has 0 saturated heterocycles. The Balaban J connectivity index is 1.99. The minimum atomic E-state index is 0.455. The number of fused-ring (bicyclic) bond motifs is 1. The van der Waals surface area contributed by atoms with Crippen LogP contribution in [0.3, 0.4) is 0 Å². The van der Waals surface area contributed by atoms with Gasteiger partial charge < -0.3 is 9.88 Å². The average molecular weight is 275 g/mol. The first-order valence-electron chi connectivity index (χ1n) is 8.26. The van der Waals surface area contributed by atoms with E-state index in [1.165, 1.54) is 62.2 Å². The molecule has 1 heterocycles. The number of likely N-dealkylation sites (N-methyl/N-ethyl adjacent to an activating group) is 1. The largest absolute Gasteiger partial charge is 0.327 e. The molecule has 1 aromatic heterocycles. The van der Waals surface area contributed by atoms with Gasteiger partial charge in [0.15, 0.2) is 0 Å². The van der Waals surface area contributed by atoms with Crippen molar-refractivity contribution in [3.05, 3.63) is 17.2 Å². The van der Waals surface area contributed by atoms with Gasteiger partial charge in [-0.05, 0) is 64.3 Å². The number of aryl methyl sites for hydroxylation is 2. The maximum Gasteiger partial charge on any atom is 0.106 e. The lowest BCUT2D eigenvalue weighted by atomic mass is 9.72. The van der Waals surface area contributed by atoms with Crippen LogP contribution in [0.2, 0.25) is 0 Å². The van der Waals surface area contributed by atoms with Crippen LogP contribution in [0.25, 0.3) is 0 Å². The smallest absolute Gasteiger partial charge is 0.106 e. The van der Waals surface area contributed by atoms with E-state index < -0.39 is 0 Å². The zero-order valence-corrected chi connectivity index (χ0v) is 13.5. The van der Waals surface area contributed by atoms with Crippen LogP contribution in [-0.2, 0) is 12.8 Å². The van der Waals surface area contributed by atoms with Crippen molar-refractivity contribution in [2.75, 3.05) is 7.05 Å². The van der Waals surface area contributed by atoms with Crippen molar-refractivity contribution in [1.29, 1.82) is 0 Å². The van der Waals surface area contributed by atoms with E-state index in [9.17, 15) is 0 Å². The van der Waals surface area contributed by atoms with Crippen molar-refractivity contribution >= 4 is 0 Å². The van der Waals surface area contributed by atoms with Crippen LogP contribution in [-0.4, -0.2) is 22.6 Å². The zero-order valence-electron chi connectivity index (χ0n) is 13.5. The van der Waals surface area contributed by atoms with E-state index >= 15 is 0 Å². The van der Waals surface area contributed by atoms with Crippen LogP contribution in [0.4, 0.5) is 0 Å². The summed E-state index contributed by atoms with van der Waals surface area (Å²) in [5.41, 5.74) is 3.37. The molecule has 0 radical (unpaired) electrons. The predicted molar refractivity (Wildman–Crippen MR) is 83.1 cm³/mol. The number of nitrogens with one attached hydrogen (secondary N) is 1. The molecule has 1 aromatic rings. The zero-order chi connectivity index (χ0) is 14.3. The molecule has 0 bridgehead atoms. The van der Waals surface area contributed by atoms with Gasteiger partial charge in [-0.1, -0.05) is 13.8 Å². The Labute approximate surface area is 123 Å². The Morgan fingerprint density at radius 1 is 1.25 bits per heavy atom. The summed E-state index contributed by atoms with van der Waals surface area (Å²) in [6.07, 6.45) is 8.92. The predicted octanol–water partition coefficient (Wildman–Crippen LogP) is 3.41. The molecular weight excluding hydrogens is 246 g/mol. The summed E-state index contributed by atoms with van der Waals surface area (Å²) in [7, 11) is 2.12. The SMILES string of the molecule is CNC1CCC(C)(C)CC1n1c(C)nc2c1CCCC2. The monoisotopic (exact) mass is 275 g/mol. The molecule has 0 spiro atoms. The number of nitrogens with zero attached hydrogens (tertiary/aromatic N) is 2. The van der Waals surface area contributed by atoms with Crippen LogP contribution in [0.1, 0.15) is 69.2 Å². The fourth-order valence-electron chi connectivity index (χ4n) is 4.30. The lowest BCUT2D eigenvalue weighted by Crippen LogP contribution is -2.43. The summed E-state index contributed by atoms with van der Waals surface area (Å²) >= 11 is 0. The molecule has 3 rings (SSSR count). The normalized spacial score (nSPS) is 29.2. The molecule has 112 valence electrons. The van der Waals surface area contributed by atoms with Crippen molar-refractivity contribution in [2.45, 2.75) is 77.8 Å². The van der Waals surface area contributed by atoms with E-state index in [1.54, 1.807) is 0 Å². The third-order valence-electron chi connectivity index (χ3n) is 5.41. The average Bonchev–Trinajstić information content (AvgIpc) is 2.73. The van der Waals surface area contributed by atoms with Crippen LogP contribution in [0, 0.1) is 12.3 Å². The molecule has 20 heavy (non-hydrogen) atoms. The lowest BCUT2D eigenvalue weighted by molar-refractivity contribution is 0.143. The summed E-state index contributed by atoms with van der Waals surface area (Å²) < 4.78 is 2.59. The summed E-state index contributed by atoms with van der Waals surface area (Å²) in [6.45, 7) is 7.04. The Kier molecular flexibility index (Phi) is 3.65. The second-order valence-electron chi connectivity index (χ2n) is 7.50. The standard InChI is InChI=1S/C17H29N3/c1-12-19-14-7-5-6-8-15(14)20(12)16-11-17(2,3)10-9-13(16)18-4/h13,16,18H,5-11H2,1-4H3. The highest BCUT2D eigenvalue weighted by Gasteiger charge is 2.37. The summed E-state index contributed by atoms with van der Waals surface area (Å²) in [5.74, 6) is 1.24. The molecule has 2 unspecified atom stereocenters. The quantitative estimate of drug-likeness (QED) is 0.896. The molecule has 0 aliphatic heterocycles. The van der Waals surface area contributed by atoms with Gasteiger partial charge in [0, 0.05) is 11.7 Å². The highest BCUT2D eigenvalue weighted by molar-refractivity contribution is 5.22. The van der Waals surface area contributed by atoms with Crippen molar-refractivity contribution < 1.29 is 0 Å². The van der Waals surface area contributed by atoms with Gasteiger partial charge in [0.1, 0.15) is 5.82 Å². The van der Waals surface area contributed by atoms with Crippen molar-refractivity contribution in [3.63, 3.8) is 0 Å². The number of hydrogen-bond donors (Lipinski definition) is 1. The minimum Gasteiger partial charge on any atom is -0.327 e. The Bertz CT molecular complexity index is 487.